The molecule has 2 heteroatoms. The second-order valence-electron chi connectivity index (χ2n) is 2.57. The maximum absolute atomic E-state index is 12.5. The fraction of sp³-hybridized carbons (Fsp3) is 0.222. The Kier molecular flexibility index (Phi) is 1.94. The minimum atomic E-state index is -2.97. The van der Waals surface area contributed by atoms with Crippen LogP contribution in [0.5, 0.6) is 0 Å². The molecule has 0 aliphatic rings. The number of benzene rings is 1. The summed E-state index contributed by atoms with van der Waals surface area (Å²) in [6.07, 6.45) is 0. The highest BCUT2D eigenvalue weighted by molar-refractivity contribution is 5.26. The van der Waals surface area contributed by atoms with Crippen molar-refractivity contribution in [1.82, 2.24) is 0 Å². The van der Waals surface area contributed by atoms with E-state index < -0.39 is 5.92 Å². The molecule has 1 rings (SSSR count). The topological polar surface area (TPSA) is 0 Å². The van der Waals surface area contributed by atoms with E-state index in [-0.39, 0.29) is 5.56 Å². The van der Waals surface area contributed by atoms with Gasteiger partial charge in [-0.2, -0.15) is 0 Å². The van der Waals surface area contributed by atoms with E-state index in [9.17, 15) is 8.78 Å². The van der Waals surface area contributed by atoms with Gasteiger partial charge >= 0.3 is 0 Å². The average molecular weight is 155 g/mol. The Balaban J connectivity index is 3.06. The molecule has 1 aromatic rings. The van der Waals surface area contributed by atoms with E-state index in [1.807, 2.05) is 0 Å². The highest BCUT2D eigenvalue weighted by atomic mass is 19.3. The molecule has 0 saturated heterocycles. The van der Waals surface area contributed by atoms with Gasteiger partial charge in [0.2, 0.25) is 0 Å². The lowest BCUT2D eigenvalue weighted by molar-refractivity contribution is 0.0486. The summed E-state index contributed by atoms with van der Waals surface area (Å²) in [6.45, 7) is 4.52. The summed E-state index contributed by atoms with van der Waals surface area (Å²) in [5, 5.41) is 0. The molecule has 0 nitrogen and oxygen atoms in total. The van der Waals surface area contributed by atoms with Crippen molar-refractivity contribution in [1.29, 1.82) is 0 Å². The van der Waals surface area contributed by atoms with Crippen LogP contribution in [0.4, 0.5) is 8.78 Å². The second-order valence-corrected chi connectivity index (χ2v) is 2.57. The van der Waals surface area contributed by atoms with Crippen molar-refractivity contribution in [3.63, 3.8) is 0 Å². The van der Waals surface area contributed by atoms with Gasteiger partial charge in [-0.1, -0.05) is 29.8 Å². The van der Waals surface area contributed by atoms with Gasteiger partial charge in [0.1, 0.15) is 0 Å². The monoisotopic (exact) mass is 155 g/mol. The molecule has 0 amide bonds. The van der Waals surface area contributed by atoms with Gasteiger partial charge in [0, 0.05) is 12.5 Å². The first-order valence-electron chi connectivity index (χ1n) is 3.30. The minimum Gasteiger partial charge on any atom is -0.201 e. The first-order valence-corrected chi connectivity index (χ1v) is 3.30. The molecule has 0 fully saturated rings. The van der Waals surface area contributed by atoms with Gasteiger partial charge in [0.15, 0.2) is 0 Å². The summed E-state index contributed by atoms with van der Waals surface area (Å²) in [4.78, 5) is 0. The summed E-state index contributed by atoms with van der Waals surface area (Å²) in [5.74, 6) is -2.97. The Bertz CT molecular complexity index is 248. The van der Waals surface area contributed by atoms with Crippen LogP contribution in [0, 0.1) is 13.8 Å². The van der Waals surface area contributed by atoms with Gasteiger partial charge in [-0.3, -0.25) is 0 Å². The maximum atomic E-state index is 12.5. The number of hydrogen-bond donors (Lipinski definition) is 0. The molecule has 0 spiro atoms. The molecular weight excluding hydrogens is 146 g/mol. The van der Waals surface area contributed by atoms with E-state index in [2.05, 4.69) is 6.92 Å². The van der Waals surface area contributed by atoms with Crippen molar-refractivity contribution < 1.29 is 8.78 Å². The smallest absolute Gasteiger partial charge is 0.201 e. The summed E-state index contributed by atoms with van der Waals surface area (Å²) < 4.78 is 25.0. The minimum absolute atomic E-state index is 0.0301. The lowest BCUT2D eigenvalue weighted by atomic mass is 10.1. The number of alkyl halides is 2. The molecule has 0 aliphatic heterocycles. The van der Waals surface area contributed by atoms with E-state index in [4.69, 9.17) is 0 Å². The Morgan fingerprint density at radius 2 is 2.00 bits per heavy atom. The Morgan fingerprint density at radius 3 is 2.36 bits per heavy atom. The molecular formula is C9H9F2. The van der Waals surface area contributed by atoms with Gasteiger partial charge < -0.3 is 0 Å². The molecule has 59 valence electrons. The zero-order valence-electron chi connectivity index (χ0n) is 6.27. The van der Waals surface area contributed by atoms with Crippen LogP contribution in [0.25, 0.3) is 0 Å². The lowest BCUT2D eigenvalue weighted by Gasteiger charge is -2.09. The first kappa shape index (κ1) is 8.18. The number of hydrogen-bond acceptors (Lipinski definition) is 0. The van der Waals surface area contributed by atoms with Crippen LogP contribution in [-0.2, 0) is 5.92 Å². The van der Waals surface area contributed by atoms with Crippen LogP contribution >= 0.6 is 0 Å². The molecule has 0 N–H and O–H groups in total. The molecule has 0 aliphatic carbocycles. The van der Waals surface area contributed by atoms with Gasteiger partial charge in [-0.15, -0.1) is 0 Å². The third kappa shape index (κ3) is 2.00. The molecule has 1 aromatic carbocycles. The fourth-order valence-electron chi connectivity index (χ4n) is 0.873. The van der Waals surface area contributed by atoms with E-state index in [0.29, 0.717) is 0 Å². The molecule has 11 heavy (non-hydrogen) atoms. The van der Waals surface area contributed by atoms with E-state index in [1.165, 1.54) is 12.1 Å². The third-order valence-electron chi connectivity index (χ3n) is 1.44. The highest BCUT2D eigenvalue weighted by Gasteiger charge is 2.23. The van der Waals surface area contributed by atoms with E-state index in [0.717, 1.165) is 5.56 Å². The maximum Gasteiger partial charge on any atom is 0.273 e. The lowest BCUT2D eigenvalue weighted by Crippen LogP contribution is -2.06. The van der Waals surface area contributed by atoms with Gasteiger partial charge in [0.05, 0.1) is 0 Å². The largest absolute Gasteiger partial charge is 0.273 e. The normalized spacial score (nSPS) is 11.6. The highest BCUT2D eigenvalue weighted by Crippen LogP contribution is 2.26. The SMILES string of the molecule is [CH2]C(F)(F)c1cccc(C)c1. The number of aryl methyl sites for hydroxylation is 1. The third-order valence-corrected chi connectivity index (χ3v) is 1.44. The quantitative estimate of drug-likeness (QED) is 0.585. The van der Waals surface area contributed by atoms with Crippen molar-refractivity contribution in [3.05, 3.63) is 42.3 Å². The number of rotatable bonds is 1. The van der Waals surface area contributed by atoms with Crippen LogP contribution in [0.3, 0.4) is 0 Å². The number of halogens is 2. The zero-order chi connectivity index (χ0) is 8.48. The average Bonchev–Trinajstić information content (AvgIpc) is 1.86. The summed E-state index contributed by atoms with van der Waals surface area (Å²) in [6, 6.07) is 6.19. The fourth-order valence-corrected chi connectivity index (χ4v) is 0.873. The van der Waals surface area contributed by atoms with Crippen LogP contribution in [0.1, 0.15) is 11.1 Å². The van der Waals surface area contributed by atoms with Crippen molar-refractivity contribution >= 4 is 0 Å². The predicted octanol–water partition coefficient (Wildman–Crippen LogP) is 2.92. The van der Waals surface area contributed by atoms with Crippen molar-refractivity contribution in [2.45, 2.75) is 12.8 Å². The van der Waals surface area contributed by atoms with Crippen LogP contribution in [0.2, 0.25) is 0 Å². The van der Waals surface area contributed by atoms with Crippen LogP contribution in [0.15, 0.2) is 24.3 Å². The Morgan fingerprint density at radius 1 is 1.36 bits per heavy atom. The summed E-state index contributed by atoms with van der Waals surface area (Å²) >= 11 is 0. The van der Waals surface area contributed by atoms with Crippen molar-refractivity contribution in [2.75, 3.05) is 0 Å². The predicted molar refractivity (Wildman–Crippen MR) is 40.4 cm³/mol. The molecule has 1 radical (unpaired) electrons. The van der Waals surface area contributed by atoms with E-state index in [1.54, 1.807) is 19.1 Å². The van der Waals surface area contributed by atoms with Gasteiger partial charge in [0.25, 0.3) is 5.92 Å². The van der Waals surface area contributed by atoms with Crippen molar-refractivity contribution in [3.8, 4) is 0 Å². The summed E-state index contributed by atoms with van der Waals surface area (Å²) in [7, 11) is 0. The Hall–Kier alpha value is -0.920. The van der Waals surface area contributed by atoms with Gasteiger partial charge in [-0.25, -0.2) is 8.78 Å². The molecule has 0 saturated carbocycles. The van der Waals surface area contributed by atoms with E-state index >= 15 is 0 Å². The Labute approximate surface area is 64.9 Å². The molecule has 0 atom stereocenters. The molecule has 0 unspecified atom stereocenters. The molecule has 0 heterocycles. The molecule has 0 aromatic heterocycles. The zero-order valence-corrected chi connectivity index (χ0v) is 6.27. The second kappa shape index (κ2) is 2.61. The summed E-state index contributed by atoms with van der Waals surface area (Å²) in [5.41, 5.74) is 0.795. The molecule has 0 bridgehead atoms. The van der Waals surface area contributed by atoms with Crippen molar-refractivity contribution in [2.24, 2.45) is 0 Å². The van der Waals surface area contributed by atoms with Crippen LogP contribution in [-0.4, -0.2) is 0 Å². The van der Waals surface area contributed by atoms with Gasteiger partial charge in [-0.05, 0) is 6.92 Å². The standard InChI is InChI=1S/C9H9F2/c1-7-4-3-5-8(6-7)9(2,10)11/h3-6H,2H2,1H3. The first-order chi connectivity index (χ1) is 5.00. The van der Waals surface area contributed by atoms with Crippen LogP contribution < -0.4 is 0 Å².